The molecule has 3 nitrogen and oxygen atoms in total. The molecule has 0 aromatic rings. The highest BCUT2D eigenvalue weighted by atomic mass is 16.4. The molecule has 0 atom stereocenters. The smallest absolute Gasteiger partial charge is 0.346 e. The van der Waals surface area contributed by atoms with Gasteiger partial charge in [-0.1, -0.05) is 13.8 Å². The van der Waals surface area contributed by atoms with E-state index in [9.17, 15) is 4.79 Å². The van der Waals surface area contributed by atoms with Crippen LogP contribution in [-0.4, -0.2) is 11.1 Å². The molecule has 0 heterocycles. The number of nitrogens with zero attached hydrogens (tertiary/aromatic N) is 1. The summed E-state index contributed by atoms with van der Waals surface area (Å²) < 4.78 is 0. The van der Waals surface area contributed by atoms with E-state index in [1.54, 1.807) is 6.07 Å². The first-order chi connectivity index (χ1) is 5.99. The molecule has 0 aromatic carbocycles. The largest absolute Gasteiger partial charge is 0.477 e. The predicted molar refractivity (Wildman–Crippen MR) is 47.9 cm³/mol. The maximum atomic E-state index is 10.7. The molecule has 1 aliphatic rings. The molecule has 3 heteroatoms. The summed E-state index contributed by atoms with van der Waals surface area (Å²) >= 11 is 0. The summed E-state index contributed by atoms with van der Waals surface area (Å²) in [6.07, 6.45) is 2.71. The van der Waals surface area contributed by atoms with E-state index in [0.29, 0.717) is 0 Å². The van der Waals surface area contributed by atoms with E-state index >= 15 is 0 Å². The summed E-state index contributed by atoms with van der Waals surface area (Å²) in [6, 6.07) is 1.78. The molecule has 13 heavy (non-hydrogen) atoms. The van der Waals surface area contributed by atoms with E-state index in [-0.39, 0.29) is 11.0 Å². The fourth-order valence-corrected chi connectivity index (χ4v) is 1.90. The number of hydrogen-bond acceptors (Lipinski definition) is 2. The van der Waals surface area contributed by atoms with Gasteiger partial charge in [0.05, 0.1) is 0 Å². The Morgan fingerprint density at radius 1 is 1.62 bits per heavy atom. The Morgan fingerprint density at radius 2 is 2.23 bits per heavy atom. The molecule has 0 spiro atoms. The minimum Gasteiger partial charge on any atom is -0.477 e. The number of aliphatic carboxylic acids is 1. The van der Waals surface area contributed by atoms with Gasteiger partial charge < -0.3 is 5.11 Å². The molecule has 0 aromatic heterocycles. The molecule has 1 aliphatic carbocycles. The van der Waals surface area contributed by atoms with E-state index < -0.39 is 5.97 Å². The van der Waals surface area contributed by atoms with Crippen LogP contribution in [0.3, 0.4) is 0 Å². The molecule has 0 amide bonds. The summed E-state index contributed by atoms with van der Waals surface area (Å²) in [5, 5.41) is 17.5. The fraction of sp³-hybridized carbons (Fsp3) is 0.600. The molecular weight excluding hydrogens is 166 g/mol. The van der Waals surface area contributed by atoms with Crippen LogP contribution < -0.4 is 0 Å². The first kappa shape index (κ1) is 9.79. The van der Waals surface area contributed by atoms with Gasteiger partial charge in [-0.05, 0) is 30.3 Å². The Bertz CT molecular complexity index is 307. The topological polar surface area (TPSA) is 61.1 Å². The second-order valence-corrected chi connectivity index (χ2v) is 4.01. The Morgan fingerprint density at radius 3 is 2.54 bits per heavy atom. The van der Waals surface area contributed by atoms with Gasteiger partial charge in [0.15, 0.2) is 0 Å². The average molecular weight is 179 g/mol. The molecule has 0 saturated heterocycles. The molecule has 0 bridgehead atoms. The maximum absolute atomic E-state index is 10.7. The lowest BCUT2D eigenvalue weighted by Gasteiger charge is -2.19. The van der Waals surface area contributed by atoms with Crippen molar-refractivity contribution >= 4 is 5.97 Å². The number of rotatable bonds is 1. The van der Waals surface area contributed by atoms with E-state index in [0.717, 1.165) is 24.8 Å². The number of carboxylic acid groups (broad SMARTS) is 1. The molecule has 70 valence electrons. The Hall–Kier alpha value is -1.30. The third-order valence-corrected chi connectivity index (χ3v) is 2.67. The van der Waals surface area contributed by atoms with Crippen molar-refractivity contribution in [2.24, 2.45) is 5.41 Å². The van der Waals surface area contributed by atoms with Gasteiger partial charge >= 0.3 is 5.97 Å². The van der Waals surface area contributed by atoms with Crippen LogP contribution in [-0.2, 0) is 4.79 Å². The molecule has 1 fully saturated rings. The third kappa shape index (κ3) is 1.72. The monoisotopic (exact) mass is 179 g/mol. The first-order valence-corrected chi connectivity index (χ1v) is 4.36. The lowest BCUT2D eigenvalue weighted by Crippen LogP contribution is -2.13. The van der Waals surface area contributed by atoms with Crippen LogP contribution in [0, 0.1) is 16.7 Å². The predicted octanol–water partition coefficient (Wildman–Crippen LogP) is 2.10. The molecule has 0 unspecified atom stereocenters. The zero-order chi connectivity index (χ0) is 10.1. The van der Waals surface area contributed by atoms with Crippen LogP contribution in [0.25, 0.3) is 0 Å². The van der Waals surface area contributed by atoms with Crippen molar-refractivity contribution < 1.29 is 9.90 Å². The lowest BCUT2D eigenvalue weighted by molar-refractivity contribution is -0.132. The van der Waals surface area contributed by atoms with Crippen LogP contribution in [0.2, 0.25) is 0 Å². The van der Waals surface area contributed by atoms with Crippen molar-refractivity contribution in [3.05, 3.63) is 11.1 Å². The van der Waals surface area contributed by atoms with Crippen LogP contribution in [0.15, 0.2) is 11.1 Å². The summed E-state index contributed by atoms with van der Waals surface area (Å²) in [6.45, 7) is 3.99. The van der Waals surface area contributed by atoms with Gasteiger partial charge in [-0.3, -0.25) is 0 Å². The van der Waals surface area contributed by atoms with E-state index in [1.807, 2.05) is 13.8 Å². The minimum absolute atomic E-state index is 0.0532. The summed E-state index contributed by atoms with van der Waals surface area (Å²) in [5.74, 6) is -1.09. The number of nitriles is 1. The maximum Gasteiger partial charge on any atom is 0.346 e. The summed E-state index contributed by atoms with van der Waals surface area (Å²) in [5.41, 5.74) is 0.647. The molecule has 0 aliphatic heterocycles. The van der Waals surface area contributed by atoms with Crippen molar-refractivity contribution in [1.29, 1.82) is 5.26 Å². The number of carbonyl (C=O) groups is 1. The van der Waals surface area contributed by atoms with Gasteiger partial charge in [0.2, 0.25) is 0 Å². The van der Waals surface area contributed by atoms with Crippen molar-refractivity contribution in [2.45, 2.75) is 33.1 Å². The van der Waals surface area contributed by atoms with Gasteiger partial charge in [0.25, 0.3) is 0 Å². The standard InChI is InChI=1S/C10H13NO2/c1-10(2)5-3-4-8(10)7(6-11)9(12)13/h3-5H2,1-2H3,(H,12,13). The van der Waals surface area contributed by atoms with E-state index in [1.165, 1.54) is 0 Å². The van der Waals surface area contributed by atoms with Crippen molar-refractivity contribution in [3.8, 4) is 6.07 Å². The van der Waals surface area contributed by atoms with Gasteiger partial charge in [-0.2, -0.15) is 5.26 Å². The lowest BCUT2D eigenvalue weighted by atomic mass is 9.84. The van der Waals surface area contributed by atoms with Crippen molar-refractivity contribution in [1.82, 2.24) is 0 Å². The normalized spacial score (nSPS) is 23.8. The minimum atomic E-state index is -1.09. The molecule has 0 radical (unpaired) electrons. The van der Waals surface area contributed by atoms with E-state index in [4.69, 9.17) is 10.4 Å². The number of carboxylic acids is 1. The average Bonchev–Trinajstić information content (AvgIpc) is 2.32. The van der Waals surface area contributed by atoms with Crippen LogP contribution >= 0.6 is 0 Å². The van der Waals surface area contributed by atoms with Crippen LogP contribution in [0.5, 0.6) is 0 Å². The third-order valence-electron chi connectivity index (χ3n) is 2.67. The molecule has 1 N–H and O–H groups in total. The quantitative estimate of drug-likeness (QED) is 0.495. The second-order valence-electron chi connectivity index (χ2n) is 4.01. The van der Waals surface area contributed by atoms with Crippen LogP contribution in [0.1, 0.15) is 33.1 Å². The number of hydrogen-bond donors (Lipinski definition) is 1. The second kappa shape index (κ2) is 3.21. The highest BCUT2D eigenvalue weighted by Crippen LogP contribution is 2.43. The van der Waals surface area contributed by atoms with Gasteiger partial charge in [-0.15, -0.1) is 0 Å². The highest BCUT2D eigenvalue weighted by Gasteiger charge is 2.33. The van der Waals surface area contributed by atoms with Gasteiger partial charge in [0.1, 0.15) is 11.6 Å². The summed E-state index contributed by atoms with van der Waals surface area (Å²) in [4.78, 5) is 10.7. The Balaban J connectivity index is 3.16. The van der Waals surface area contributed by atoms with E-state index in [2.05, 4.69) is 0 Å². The molecular formula is C10H13NO2. The SMILES string of the molecule is CC1(C)CCCC1=C(C#N)C(=O)O. The van der Waals surface area contributed by atoms with Gasteiger partial charge in [0, 0.05) is 0 Å². The first-order valence-electron chi connectivity index (χ1n) is 4.36. The molecule has 1 rings (SSSR count). The Labute approximate surface area is 77.7 Å². The fourth-order valence-electron chi connectivity index (χ4n) is 1.90. The molecule has 1 saturated carbocycles. The Kier molecular flexibility index (Phi) is 2.42. The van der Waals surface area contributed by atoms with Crippen molar-refractivity contribution in [2.75, 3.05) is 0 Å². The zero-order valence-corrected chi connectivity index (χ0v) is 7.92. The van der Waals surface area contributed by atoms with Crippen molar-refractivity contribution in [3.63, 3.8) is 0 Å². The summed E-state index contributed by atoms with van der Waals surface area (Å²) in [7, 11) is 0. The highest BCUT2D eigenvalue weighted by molar-refractivity contribution is 5.92. The van der Waals surface area contributed by atoms with Gasteiger partial charge in [-0.25, -0.2) is 4.79 Å². The number of allylic oxidation sites excluding steroid dienone is 1. The zero-order valence-electron chi connectivity index (χ0n) is 7.92. The van der Waals surface area contributed by atoms with Crippen LogP contribution in [0.4, 0.5) is 0 Å².